The van der Waals surface area contributed by atoms with Crippen molar-refractivity contribution in [3.8, 4) is 6.07 Å². The summed E-state index contributed by atoms with van der Waals surface area (Å²) in [4.78, 5) is 2.68. The lowest BCUT2D eigenvalue weighted by Gasteiger charge is -2.16. The Bertz CT molecular complexity index is 610. The van der Waals surface area contributed by atoms with Gasteiger partial charge in [0.05, 0.1) is 23.0 Å². The third-order valence-corrected chi connectivity index (χ3v) is 3.91. The van der Waals surface area contributed by atoms with Gasteiger partial charge >= 0.3 is 0 Å². The highest BCUT2D eigenvalue weighted by Gasteiger charge is 2.08. The molecule has 1 aromatic heterocycles. The number of rotatable bonds is 4. The summed E-state index contributed by atoms with van der Waals surface area (Å²) < 4.78 is 0. The van der Waals surface area contributed by atoms with Crippen LogP contribution in [0.3, 0.4) is 0 Å². The average molecular weight is 271 g/mol. The van der Waals surface area contributed by atoms with E-state index in [1.165, 1.54) is 9.75 Å². The SMILES string of the molecule is Cc1ccc(CC(C)Nc2cc(C#N)ccc2N)s1. The summed E-state index contributed by atoms with van der Waals surface area (Å²) in [5.74, 6) is 0. The molecule has 0 amide bonds. The Labute approximate surface area is 117 Å². The second-order valence-electron chi connectivity index (χ2n) is 4.68. The fourth-order valence-electron chi connectivity index (χ4n) is 1.96. The number of nitrogen functional groups attached to an aromatic ring is 1. The highest BCUT2D eigenvalue weighted by molar-refractivity contribution is 7.11. The number of nitrogens with zero attached hydrogens (tertiary/aromatic N) is 1. The fourth-order valence-corrected chi connectivity index (χ4v) is 2.98. The summed E-state index contributed by atoms with van der Waals surface area (Å²) in [5, 5.41) is 12.3. The van der Waals surface area contributed by atoms with Crippen LogP contribution in [0.25, 0.3) is 0 Å². The first-order valence-electron chi connectivity index (χ1n) is 6.20. The Kier molecular flexibility index (Phi) is 4.08. The smallest absolute Gasteiger partial charge is 0.0992 e. The number of anilines is 2. The van der Waals surface area contributed by atoms with Crippen molar-refractivity contribution in [3.05, 3.63) is 45.6 Å². The predicted molar refractivity (Wildman–Crippen MR) is 81.4 cm³/mol. The Morgan fingerprint density at radius 2 is 2.16 bits per heavy atom. The van der Waals surface area contributed by atoms with E-state index in [4.69, 9.17) is 11.0 Å². The summed E-state index contributed by atoms with van der Waals surface area (Å²) in [6, 6.07) is 12.0. The average Bonchev–Trinajstić information content (AvgIpc) is 2.77. The Morgan fingerprint density at radius 3 is 2.79 bits per heavy atom. The molecule has 1 unspecified atom stereocenters. The first-order valence-corrected chi connectivity index (χ1v) is 7.01. The molecule has 0 aliphatic rings. The summed E-state index contributed by atoms with van der Waals surface area (Å²) in [6.45, 7) is 4.23. The standard InChI is InChI=1S/C15H17N3S/c1-10(7-13-5-3-11(2)19-13)18-15-8-12(9-16)4-6-14(15)17/h3-6,8,10,18H,7,17H2,1-2H3. The molecule has 0 spiro atoms. The third-order valence-electron chi connectivity index (χ3n) is 2.89. The van der Waals surface area contributed by atoms with Crippen LogP contribution in [0.2, 0.25) is 0 Å². The van der Waals surface area contributed by atoms with Gasteiger partial charge in [-0.15, -0.1) is 11.3 Å². The van der Waals surface area contributed by atoms with Gasteiger partial charge in [-0.3, -0.25) is 0 Å². The molecule has 4 heteroatoms. The van der Waals surface area contributed by atoms with E-state index in [0.29, 0.717) is 11.3 Å². The zero-order chi connectivity index (χ0) is 13.8. The molecule has 3 nitrogen and oxygen atoms in total. The molecule has 19 heavy (non-hydrogen) atoms. The van der Waals surface area contributed by atoms with Gasteiger partial charge in [0.1, 0.15) is 0 Å². The molecule has 0 fully saturated rings. The molecule has 0 aliphatic carbocycles. The van der Waals surface area contributed by atoms with Gasteiger partial charge in [-0.25, -0.2) is 0 Å². The Balaban J connectivity index is 2.06. The van der Waals surface area contributed by atoms with Crippen molar-refractivity contribution in [2.24, 2.45) is 0 Å². The number of thiophene rings is 1. The van der Waals surface area contributed by atoms with E-state index in [1.807, 2.05) is 11.3 Å². The molecule has 0 saturated carbocycles. The van der Waals surface area contributed by atoms with Crippen LogP contribution < -0.4 is 11.1 Å². The van der Waals surface area contributed by atoms with Crippen LogP contribution in [0.5, 0.6) is 0 Å². The van der Waals surface area contributed by atoms with Crippen LogP contribution in [-0.4, -0.2) is 6.04 Å². The molecule has 0 radical (unpaired) electrons. The zero-order valence-corrected chi connectivity index (χ0v) is 11.9. The van der Waals surface area contributed by atoms with Crippen molar-refractivity contribution in [1.29, 1.82) is 5.26 Å². The van der Waals surface area contributed by atoms with Gasteiger partial charge in [-0.05, 0) is 44.2 Å². The maximum atomic E-state index is 8.91. The van der Waals surface area contributed by atoms with Crippen LogP contribution in [0.15, 0.2) is 30.3 Å². The summed E-state index contributed by atoms with van der Waals surface area (Å²) in [5.41, 5.74) is 8.05. The van der Waals surface area contributed by atoms with E-state index in [9.17, 15) is 0 Å². The normalized spacial score (nSPS) is 11.8. The van der Waals surface area contributed by atoms with Crippen LogP contribution in [0, 0.1) is 18.3 Å². The van der Waals surface area contributed by atoms with Gasteiger partial charge in [-0.1, -0.05) is 0 Å². The molecule has 3 N–H and O–H groups in total. The Morgan fingerprint density at radius 1 is 1.37 bits per heavy atom. The van der Waals surface area contributed by atoms with E-state index in [-0.39, 0.29) is 6.04 Å². The second-order valence-corrected chi connectivity index (χ2v) is 6.05. The largest absolute Gasteiger partial charge is 0.397 e. The van der Waals surface area contributed by atoms with Gasteiger partial charge in [0, 0.05) is 22.2 Å². The van der Waals surface area contributed by atoms with Crippen LogP contribution in [0.4, 0.5) is 11.4 Å². The second kappa shape index (κ2) is 5.77. The van der Waals surface area contributed by atoms with E-state index in [1.54, 1.807) is 18.2 Å². The molecule has 1 atom stereocenters. The minimum Gasteiger partial charge on any atom is -0.397 e. The topological polar surface area (TPSA) is 61.8 Å². The number of nitriles is 1. The van der Waals surface area contributed by atoms with E-state index in [0.717, 1.165) is 12.1 Å². The minimum absolute atomic E-state index is 0.272. The van der Waals surface area contributed by atoms with Crippen molar-refractivity contribution in [1.82, 2.24) is 0 Å². The van der Waals surface area contributed by atoms with Crippen LogP contribution in [-0.2, 0) is 6.42 Å². The molecular weight excluding hydrogens is 254 g/mol. The van der Waals surface area contributed by atoms with Gasteiger partial charge in [0.15, 0.2) is 0 Å². The fraction of sp³-hybridized carbons (Fsp3) is 0.267. The highest BCUT2D eigenvalue weighted by Crippen LogP contribution is 2.23. The van der Waals surface area contributed by atoms with E-state index in [2.05, 4.69) is 37.4 Å². The minimum atomic E-state index is 0.272. The maximum absolute atomic E-state index is 8.91. The summed E-state index contributed by atoms with van der Waals surface area (Å²) in [6.07, 6.45) is 0.953. The van der Waals surface area contributed by atoms with Gasteiger partial charge < -0.3 is 11.1 Å². The predicted octanol–water partition coefficient (Wildman–Crippen LogP) is 3.55. The van der Waals surface area contributed by atoms with Crippen molar-refractivity contribution >= 4 is 22.7 Å². The quantitative estimate of drug-likeness (QED) is 0.836. The molecule has 1 heterocycles. The van der Waals surface area contributed by atoms with E-state index >= 15 is 0 Å². The lowest BCUT2D eigenvalue weighted by Crippen LogP contribution is -2.18. The lowest BCUT2D eigenvalue weighted by atomic mass is 10.1. The Hall–Kier alpha value is -1.99. The third kappa shape index (κ3) is 3.49. The molecule has 98 valence electrons. The van der Waals surface area contributed by atoms with E-state index < -0.39 is 0 Å². The van der Waals surface area contributed by atoms with Gasteiger partial charge in [0.25, 0.3) is 0 Å². The summed E-state index contributed by atoms with van der Waals surface area (Å²) >= 11 is 1.81. The number of nitrogens with two attached hydrogens (primary N) is 1. The number of nitrogens with one attached hydrogen (secondary N) is 1. The first-order chi connectivity index (χ1) is 9.08. The number of aryl methyl sites for hydroxylation is 1. The molecule has 0 saturated heterocycles. The molecule has 1 aromatic carbocycles. The van der Waals surface area contributed by atoms with Crippen molar-refractivity contribution in [2.75, 3.05) is 11.1 Å². The van der Waals surface area contributed by atoms with Crippen LogP contribution in [0.1, 0.15) is 22.2 Å². The number of hydrogen-bond donors (Lipinski definition) is 2. The number of benzene rings is 1. The maximum Gasteiger partial charge on any atom is 0.0992 e. The summed E-state index contributed by atoms with van der Waals surface area (Å²) in [7, 11) is 0. The highest BCUT2D eigenvalue weighted by atomic mass is 32.1. The zero-order valence-electron chi connectivity index (χ0n) is 11.1. The first kappa shape index (κ1) is 13.4. The molecule has 0 bridgehead atoms. The van der Waals surface area contributed by atoms with Gasteiger partial charge in [0.2, 0.25) is 0 Å². The number of hydrogen-bond acceptors (Lipinski definition) is 4. The molecule has 0 aliphatic heterocycles. The molecule has 2 rings (SSSR count). The lowest BCUT2D eigenvalue weighted by molar-refractivity contribution is 0.801. The van der Waals surface area contributed by atoms with Gasteiger partial charge in [-0.2, -0.15) is 5.26 Å². The monoisotopic (exact) mass is 271 g/mol. The van der Waals surface area contributed by atoms with Crippen molar-refractivity contribution in [2.45, 2.75) is 26.3 Å². The molecule has 2 aromatic rings. The van der Waals surface area contributed by atoms with Crippen molar-refractivity contribution < 1.29 is 0 Å². The van der Waals surface area contributed by atoms with Crippen LogP contribution >= 0.6 is 11.3 Å². The van der Waals surface area contributed by atoms with Crippen molar-refractivity contribution in [3.63, 3.8) is 0 Å². The molecular formula is C15H17N3S.